The van der Waals surface area contributed by atoms with Crippen LogP contribution in [-0.2, 0) is 39.9 Å². The van der Waals surface area contributed by atoms with Gasteiger partial charge in [0.25, 0.3) is 0 Å². The number of ketones is 4. The highest BCUT2D eigenvalue weighted by Gasteiger charge is 2.80. The number of aliphatic hydroxyl groups is 2. The summed E-state index contributed by atoms with van der Waals surface area (Å²) < 4.78 is 46.8. The number of halogens is 3. The molecule has 5 aliphatic rings. The average Bonchev–Trinajstić information content (AvgIpc) is 3.74. The Hall–Kier alpha value is -3.79. The minimum Gasteiger partial charge on any atom is -0.390 e. The van der Waals surface area contributed by atoms with E-state index >= 15 is 8.78 Å². The number of hydrogen-bond donors (Lipinski definition) is 4. The van der Waals surface area contributed by atoms with Crippen molar-refractivity contribution in [3.8, 4) is 0 Å². The van der Waals surface area contributed by atoms with E-state index in [0.717, 1.165) is 17.2 Å². The molecule has 4 N–H and O–H groups in total. The molecule has 328 valence electrons. The molecule has 0 bridgehead atoms. The van der Waals surface area contributed by atoms with E-state index in [0.29, 0.717) is 42.4 Å². The van der Waals surface area contributed by atoms with Crippen LogP contribution in [-0.4, -0.2) is 93.4 Å². The zero-order chi connectivity index (χ0) is 44.1. The predicted octanol–water partition coefficient (Wildman–Crippen LogP) is 6.18. The molecular formula is C47H55BrF2N2O9. The first-order valence-electron chi connectivity index (χ1n) is 21.2. The Bertz CT molecular complexity index is 2130. The fourth-order valence-electron chi connectivity index (χ4n) is 11.1. The van der Waals surface area contributed by atoms with Gasteiger partial charge in [0.2, 0.25) is 5.91 Å². The summed E-state index contributed by atoms with van der Waals surface area (Å²) in [5.41, 5.74) is -3.80. The number of allylic oxidation sites excluding steroid dienone is 4. The van der Waals surface area contributed by atoms with Gasteiger partial charge in [-0.15, -0.1) is 0 Å². The molecule has 0 radical (unpaired) electrons. The van der Waals surface area contributed by atoms with Crippen LogP contribution in [0.2, 0.25) is 0 Å². The van der Waals surface area contributed by atoms with Gasteiger partial charge >= 0.3 is 0 Å². The molecule has 7 rings (SSSR count). The molecule has 1 amide bonds. The fraction of sp³-hybridized carbons (Fsp3) is 0.553. The second kappa shape index (κ2) is 17.4. The zero-order valence-electron chi connectivity index (χ0n) is 34.9. The number of alkyl halides is 3. The summed E-state index contributed by atoms with van der Waals surface area (Å²) in [5, 5.41) is 28.5. The van der Waals surface area contributed by atoms with Gasteiger partial charge < -0.3 is 30.3 Å². The first-order valence-corrected chi connectivity index (χ1v) is 22.3. The van der Waals surface area contributed by atoms with Crippen LogP contribution >= 0.6 is 15.9 Å². The second-order valence-corrected chi connectivity index (χ2v) is 18.7. The standard InChI is InChI=1S/C47H55BrF2N2O9/c1-26(17-38(56)27(2)51-16-6-9-33(55)24-48)42(59)52-31-8-5-7-29(19-31)18-28-10-12-30(13-11-28)43-60-41-22-34-35-21-37(49)36-20-32(54)14-15-44(36,3)46(35,50)39(57)23-45(34,4)47(41,61-43)40(58)25-53/h5,7-8,10-15,19-20,26-27,34-35,37,39,41,43,51,53,57H,6,9,16-18,21-25H2,1-4H3,(H,52,59)/t26-,27+,34+,35+,37+,39+,41-,43-,44+,45+,46+,47-/m1/s1. The molecule has 2 aromatic carbocycles. The number of ether oxygens (including phenoxy) is 2. The van der Waals surface area contributed by atoms with Gasteiger partial charge in [0.05, 0.1) is 23.6 Å². The van der Waals surface area contributed by atoms with E-state index in [1.54, 1.807) is 26.8 Å². The van der Waals surface area contributed by atoms with Crippen LogP contribution < -0.4 is 10.6 Å². The zero-order valence-corrected chi connectivity index (χ0v) is 36.5. The Balaban J connectivity index is 0.998. The number of Topliss-reactive ketones (excluding diaryl/α,β-unsaturated/α-hetero) is 3. The number of benzene rings is 2. The quantitative estimate of drug-likeness (QED) is 0.113. The molecule has 12 atom stereocenters. The van der Waals surface area contributed by atoms with Gasteiger partial charge in [-0.2, -0.15) is 0 Å². The minimum atomic E-state index is -2.33. The smallest absolute Gasteiger partial charge is 0.227 e. The second-order valence-electron chi connectivity index (χ2n) is 18.1. The molecule has 4 aliphatic carbocycles. The maximum Gasteiger partial charge on any atom is 0.227 e. The van der Waals surface area contributed by atoms with Crippen LogP contribution in [0.3, 0.4) is 0 Å². The number of aliphatic hydroxyl groups excluding tert-OH is 2. The third-order valence-corrected chi connectivity index (χ3v) is 15.1. The van der Waals surface area contributed by atoms with Crippen molar-refractivity contribution < 1.29 is 52.4 Å². The topological polar surface area (TPSA) is 168 Å². The lowest BCUT2D eigenvalue weighted by Crippen LogP contribution is -2.70. The van der Waals surface area contributed by atoms with Crippen molar-refractivity contribution in [3.63, 3.8) is 0 Å². The van der Waals surface area contributed by atoms with Crippen LogP contribution in [0.1, 0.15) is 89.2 Å². The van der Waals surface area contributed by atoms with E-state index in [-0.39, 0.29) is 48.7 Å². The molecule has 11 nitrogen and oxygen atoms in total. The number of fused-ring (bicyclic) bond motifs is 7. The van der Waals surface area contributed by atoms with E-state index in [4.69, 9.17) is 9.47 Å². The SMILES string of the molecule is C[C@H](CC(=O)[C@H](C)NCCCC(=O)CBr)C(=O)Nc1cccc(Cc2ccc([C@@H]3O[C@@H]4C[C@H]5[C@@H]6C[C@H](F)C7=CC(=O)C=C[C@]7(C)[C@@]6(F)[C@@H](O)C[C@]5(C)[C@]4(C(=O)CO)O3)cc2)c1. The van der Waals surface area contributed by atoms with Crippen LogP contribution in [0.25, 0.3) is 0 Å². The molecule has 0 unspecified atom stereocenters. The van der Waals surface area contributed by atoms with Crippen molar-refractivity contribution in [3.05, 3.63) is 89.0 Å². The van der Waals surface area contributed by atoms with Crippen LogP contribution in [0.4, 0.5) is 14.5 Å². The van der Waals surface area contributed by atoms with E-state index in [9.17, 15) is 34.2 Å². The van der Waals surface area contributed by atoms with Crippen molar-refractivity contribution >= 4 is 50.7 Å². The predicted molar refractivity (Wildman–Crippen MR) is 226 cm³/mol. The monoisotopic (exact) mass is 908 g/mol. The molecular weight excluding hydrogens is 854 g/mol. The third kappa shape index (κ3) is 7.83. The number of rotatable bonds is 16. The highest BCUT2D eigenvalue weighted by Crippen LogP contribution is 2.72. The molecule has 14 heteroatoms. The Morgan fingerprint density at radius 1 is 1.03 bits per heavy atom. The van der Waals surface area contributed by atoms with E-state index in [1.807, 2.05) is 42.5 Å². The van der Waals surface area contributed by atoms with Gasteiger partial charge in [0.1, 0.15) is 24.3 Å². The van der Waals surface area contributed by atoms with Crippen molar-refractivity contribution in [1.82, 2.24) is 5.32 Å². The summed E-state index contributed by atoms with van der Waals surface area (Å²) in [6, 6.07) is 14.4. The van der Waals surface area contributed by atoms with Crippen molar-refractivity contribution in [2.45, 2.75) is 115 Å². The average molecular weight is 910 g/mol. The summed E-state index contributed by atoms with van der Waals surface area (Å²) in [7, 11) is 0. The van der Waals surface area contributed by atoms with Gasteiger partial charge in [-0.3, -0.25) is 24.0 Å². The number of carbonyl (C=O) groups is 5. The number of carbonyl (C=O) groups excluding carboxylic acids is 5. The molecule has 61 heavy (non-hydrogen) atoms. The summed E-state index contributed by atoms with van der Waals surface area (Å²) in [6.07, 6.45) is -0.173. The Kier molecular flexibility index (Phi) is 12.9. The number of anilines is 1. The van der Waals surface area contributed by atoms with Crippen LogP contribution in [0, 0.1) is 28.6 Å². The van der Waals surface area contributed by atoms with Gasteiger partial charge in [0, 0.05) is 46.8 Å². The lowest BCUT2D eigenvalue weighted by Gasteiger charge is -2.63. The maximum absolute atomic E-state index is 17.7. The van der Waals surface area contributed by atoms with E-state index < -0.39 is 88.7 Å². The largest absolute Gasteiger partial charge is 0.390 e. The van der Waals surface area contributed by atoms with E-state index in [1.165, 1.54) is 19.1 Å². The molecule has 4 fully saturated rings. The molecule has 3 saturated carbocycles. The van der Waals surface area contributed by atoms with Crippen LogP contribution in [0.5, 0.6) is 0 Å². The van der Waals surface area contributed by atoms with Gasteiger partial charge in [-0.1, -0.05) is 72.3 Å². The normalized spacial score (nSPS) is 34.6. The Morgan fingerprint density at radius 2 is 1.77 bits per heavy atom. The van der Waals surface area contributed by atoms with Gasteiger partial charge in [-0.25, -0.2) is 8.78 Å². The van der Waals surface area contributed by atoms with Gasteiger partial charge in [-0.05, 0) is 99.4 Å². The Morgan fingerprint density at radius 3 is 2.48 bits per heavy atom. The molecule has 0 aromatic heterocycles. The summed E-state index contributed by atoms with van der Waals surface area (Å²) >= 11 is 3.14. The molecule has 0 spiro atoms. The molecule has 2 aromatic rings. The summed E-state index contributed by atoms with van der Waals surface area (Å²) in [6.45, 7) is 6.40. The highest BCUT2D eigenvalue weighted by molar-refractivity contribution is 9.09. The Labute approximate surface area is 363 Å². The molecule has 1 heterocycles. The first-order chi connectivity index (χ1) is 28.9. The first kappa shape index (κ1) is 45.2. The third-order valence-electron chi connectivity index (χ3n) is 14.5. The maximum atomic E-state index is 17.7. The minimum absolute atomic E-state index is 0.0130. The van der Waals surface area contributed by atoms with Gasteiger partial charge in [0.15, 0.2) is 29.1 Å². The highest BCUT2D eigenvalue weighted by atomic mass is 79.9. The van der Waals surface area contributed by atoms with Crippen molar-refractivity contribution in [1.29, 1.82) is 0 Å². The fourth-order valence-corrected chi connectivity index (χ4v) is 11.4. The number of amides is 1. The summed E-state index contributed by atoms with van der Waals surface area (Å²) in [4.78, 5) is 63.4. The lowest BCUT2D eigenvalue weighted by atomic mass is 9.44. The lowest BCUT2D eigenvalue weighted by molar-refractivity contribution is -0.235. The van der Waals surface area contributed by atoms with Crippen LogP contribution in [0.15, 0.2) is 72.3 Å². The number of nitrogens with one attached hydrogen (secondary N) is 2. The molecule has 1 saturated heterocycles. The van der Waals surface area contributed by atoms with E-state index in [2.05, 4.69) is 26.6 Å². The molecule has 1 aliphatic heterocycles. The number of hydrogen-bond acceptors (Lipinski definition) is 10. The van der Waals surface area contributed by atoms with Crippen molar-refractivity contribution in [2.75, 3.05) is 23.8 Å². The van der Waals surface area contributed by atoms with Crippen molar-refractivity contribution in [2.24, 2.45) is 28.6 Å². The summed E-state index contributed by atoms with van der Waals surface area (Å²) in [5.74, 6) is -3.58.